The van der Waals surface area contributed by atoms with E-state index in [4.69, 9.17) is 19.4 Å². The monoisotopic (exact) mass is 262 g/mol. The summed E-state index contributed by atoms with van der Waals surface area (Å²) in [7, 11) is 0. The van der Waals surface area contributed by atoms with Gasteiger partial charge >= 0.3 is 5.97 Å². The second-order valence-electron chi connectivity index (χ2n) is 3.77. The SMILES string of the molecule is CC(=O)O.Cc1oc(-c2ccccc2)cc1C(=O)O. The Morgan fingerprint density at radius 1 is 1.11 bits per heavy atom. The van der Waals surface area contributed by atoms with E-state index in [1.807, 2.05) is 30.3 Å². The minimum absolute atomic E-state index is 0.217. The molecule has 100 valence electrons. The summed E-state index contributed by atoms with van der Waals surface area (Å²) in [6.45, 7) is 2.73. The highest BCUT2D eigenvalue weighted by Crippen LogP contribution is 2.24. The van der Waals surface area contributed by atoms with Crippen molar-refractivity contribution in [3.8, 4) is 11.3 Å². The first-order valence-electron chi connectivity index (χ1n) is 5.50. The Kier molecular flexibility index (Phi) is 4.88. The molecule has 0 amide bonds. The Hall–Kier alpha value is -2.56. The molecule has 1 aromatic heterocycles. The average Bonchev–Trinajstić information content (AvgIpc) is 2.72. The lowest BCUT2D eigenvalue weighted by Crippen LogP contribution is -1.94. The van der Waals surface area contributed by atoms with Crippen LogP contribution >= 0.6 is 0 Å². The zero-order valence-electron chi connectivity index (χ0n) is 10.6. The second-order valence-corrected chi connectivity index (χ2v) is 3.77. The van der Waals surface area contributed by atoms with Crippen molar-refractivity contribution in [3.63, 3.8) is 0 Å². The van der Waals surface area contributed by atoms with Crippen molar-refractivity contribution in [2.24, 2.45) is 0 Å². The molecule has 0 saturated carbocycles. The van der Waals surface area contributed by atoms with Gasteiger partial charge in [0.25, 0.3) is 5.97 Å². The number of rotatable bonds is 2. The van der Waals surface area contributed by atoms with E-state index in [0.29, 0.717) is 11.5 Å². The van der Waals surface area contributed by atoms with E-state index in [-0.39, 0.29) is 5.56 Å². The van der Waals surface area contributed by atoms with Crippen LogP contribution in [0.3, 0.4) is 0 Å². The van der Waals surface area contributed by atoms with Gasteiger partial charge in [-0.25, -0.2) is 4.79 Å². The van der Waals surface area contributed by atoms with Crippen LogP contribution in [-0.4, -0.2) is 22.2 Å². The summed E-state index contributed by atoms with van der Waals surface area (Å²) in [4.78, 5) is 19.8. The fourth-order valence-corrected chi connectivity index (χ4v) is 1.44. The number of hydrogen-bond donors (Lipinski definition) is 2. The molecular formula is C14H14O5. The highest BCUT2D eigenvalue weighted by Gasteiger charge is 2.14. The van der Waals surface area contributed by atoms with Crippen molar-refractivity contribution < 1.29 is 24.2 Å². The maximum Gasteiger partial charge on any atom is 0.339 e. The lowest BCUT2D eigenvalue weighted by atomic mass is 10.1. The van der Waals surface area contributed by atoms with Crippen LogP contribution in [0.15, 0.2) is 40.8 Å². The van der Waals surface area contributed by atoms with Gasteiger partial charge in [0.2, 0.25) is 0 Å². The summed E-state index contributed by atoms with van der Waals surface area (Å²) in [6.07, 6.45) is 0. The molecule has 0 aliphatic rings. The molecule has 2 rings (SSSR count). The van der Waals surface area contributed by atoms with E-state index in [0.717, 1.165) is 12.5 Å². The molecule has 1 aromatic carbocycles. The number of aryl methyl sites for hydroxylation is 1. The van der Waals surface area contributed by atoms with Gasteiger partial charge in [0.05, 0.1) is 0 Å². The van der Waals surface area contributed by atoms with Crippen LogP contribution in [0.25, 0.3) is 11.3 Å². The van der Waals surface area contributed by atoms with Gasteiger partial charge in [-0.3, -0.25) is 4.79 Å². The third-order valence-electron chi connectivity index (χ3n) is 2.21. The van der Waals surface area contributed by atoms with Crippen molar-refractivity contribution in [1.29, 1.82) is 0 Å². The topological polar surface area (TPSA) is 87.7 Å². The number of aliphatic carboxylic acids is 1. The molecule has 0 radical (unpaired) electrons. The highest BCUT2D eigenvalue weighted by atomic mass is 16.4. The summed E-state index contributed by atoms with van der Waals surface area (Å²) in [5.41, 5.74) is 1.10. The molecule has 19 heavy (non-hydrogen) atoms. The van der Waals surface area contributed by atoms with Crippen LogP contribution in [0.2, 0.25) is 0 Å². The normalized spacial score (nSPS) is 9.37. The van der Waals surface area contributed by atoms with Gasteiger partial charge in [0, 0.05) is 12.5 Å². The molecule has 0 aliphatic heterocycles. The molecule has 0 bridgehead atoms. The molecule has 5 heteroatoms. The van der Waals surface area contributed by atoms with Crippen LogP contribution in [-0.2, 0) is 4.79 Å². The Labute approximate surface area is 110 Å². The largest absolute Gasteiger partial charge is 0.481 e. The Morgan fingerprint density at radius 2 is 1.63 bits per heavy atom. The Balaban J connectivity index is 0.000000399. The predicted molar refractivity (Wildman–Crippen MR) is 69.2 cm³/mol. The number of carbonyl (C=O) groups is 2. The number of aromatic carboxylic acids is 1. The maximum atomic E-state index is 10.8. The third-order valence-corrected chi connectivity index (χ3v) is 2.21. The molecule has 2 N–H and O–H groups in total. The first-order valence-corrected chi connectivity index (χ1v) is 5.50. The molecule has 0 atom stereocenters. The van der Waals surface area contributed by atoms with Crippen molar-refractivity contribution >= 4 is 11.9 Å². The molecule has 5 nitrogen and oxygen atoms in total. The smallest absolute Gasteiger partial charge is 0.339 e. The third kappa shape index (κ3) is 4.31. The number of benzene rings is 1. The fraction of sp³-hybridized carbons (Fsp3) is 0.143. The minimum Gasteiger partial charge on any atom is -0.481 e. The van der Waals surface area contributed by atoms with Crippen molar-refractivity contribution in [2.75, 3.05) is 0 Å². The molecule has 0 saturated heterocycles. The van der Waals surface area contributed by atoms with Gasteiger partial charge in [-0.15, -0.1) is 0 Å². The molecule has 0 fully saturated rings. The molecule has 0 unspecified atom stereocenters. The van der Waals surface area contributed by atoms with Crippen molar-refractivity contribution in [1.82, 2.24) is 0 Å². The quantitative estimate of drug-likeness (QED) is 0.868. The van der Waals surface area contributed by atoms with Crippen molar-refractivity contribution in [2.45, 2.75) is 13.8 Å². The van der Waals surface area contributed by atoms with Gasteiger partial charge in [0.15, 0.2) is 0 Å². The van der Waals surface area contributed by atoms with Gasteiger partial charge in [-0.05, 0) is 13.0 Å². The second kappa shape index (κ2) is 6.39. The lowest BCUT2D eigenvalue weighted by Gasteiger charge is -1.93. The molecular weight excluding hydrogens is 248 g/mol. The summed E-state index contributed by atoms with van der Waals surface area (Å²) < 4.78 is 5.38. The van der Waals surface area contributed by atoms with Crippen LogP contribution < -0.4 is 0 Å². The van der Waals surface area contributed by atoms with Crippen LogP contribution in [0.5, 0.6) is 0 Å². The van der Waals surface area contributed by atoms with E-state index < -0.39 is 11.9 Å². The van der Waals surface area contributed by atoms with Crippen molar-refractivity contribution in [3.05, 3.63) is 47.7 Å². The summed E-state index contributed by atoms with van der Waals surface area (Å²) in [5, 5.41) is 16.3. The Morgan fingerprint density at radius 3 is 2.05 bits per heavy atom. The van der Waals surface area contributed by atoms with Crippen LogP contribution in [0.1, 0.15) is 23.0 Å². The molecule has 0 aliphatic carbocycles. The maximum absolute atomic E-state index is 10.8. The average molecular weight is 262 g/mol. The first kappa shape index (κ1) is 14.5. The van der Waals surface area contributed by atoms with E-state index in [2.05, 4.69) is 0 Å². The number of furan rings is 1. The van der Waals surface area contributed by atoms with E-state index in [1.54, 1.807) is 13.0 Å². The van der Waals surface area contributed by atoms with E-state index in [9.17, 15) is 4.79 Å². The molecule has 1 heterocycles. The van der Waals surface area contributed by atoms with Gasteiger partial charge in [-0.2, -0.15) is 0 Å². The van der Waals surface area contributed by atoms with Gasteiger partial charge in [0.1, 0.15) is 17.1 Å². The Bertz CT molecular complexity index is 565. The lowest BCUT2D eigenvalue weighted by molar-refractivity contribution is -0.134. The highest BCUT2D eigenvalue weighted by molar-refractivity contribution is 5.90. The van der Waals surface area contributed by atoms with Gasteiger partial charge in [-0.1, -0.05) is 30.3 Å². The number of carboxylic acid groups (broad SMARTS) is 2. The summed E-state index contributed by atoms with van der Waals surface area (Å²) in [6, 6.07) is 11.0. The summed E-state index contributed by atoms with van der Waals surface area (Å²) in [5.74, 6) is -0.773. The molecule has 0 spiro atoms. The summed E-state index contributed by atoms with van der Waals surface area (Å²) >= 11 is 0. The van der Waals surface area contributed by atoms with Gasteiger partial charge < -0.3 is 14.6 Å². The molecule has 2 aromatic rings. The minimum atomic E-state index is -0.960. The zero-order chi connectivity index (χ0) is 14.4. The number of carboxylic acids is 2. The van der Waals surface area contributed by atoms with E-state index >= 15 is 0 Å². The zero-order valence-corrected chi connectivity index (χ0v) is 10.6. The number of hydrogen-bond acceptors (Lipinski definition) is 3. The van der Waals surface area contributed by atoms with Crippen LogP contribution in [0, 0.1) is 6.92 Å². The van der Waals surface area contributed by atoms with E-state index in [1.165, 1.54) is 0 Å². The predicted octanol–water partition coefficient (Wildman–Crippen LogP) is 3.04. The van der Waals surface area contributed by atoms with Crippen LogP contribution in [0.4, 0.5) is 0 Å². The fourth-order valence-electron chi connectivity index (χ4n) is 1.44. The standard InChI is InChI=1S/C12H10O3.C2H4O2/c1-8-10(12(13)14)7-11(15-8)9-5-3-2-4-6-9;1-2(3)4/h2-7H,1H3,(H,13,14);1H3,(H,3,4). The first-order chi connectivity index (χ1) is 8.91.